The summed E-state index contributed by atoms with van der Waals surface area (Å²) in [5.74, 6) is -1.97. The highest BCUT2D eigenvalue weighted by Gasteiger charge is 2.17. The summed E-state index contributed by atoms with van der Waals surface area (Å²) >= 11 is 0. The van der Waals surface area contributed by atoms with Crippen molar-refractivity contribution in [3.63, 3.8) is 0 Å². The van der Waals surface area contributed by atoms with Gasteiger partial charge in [-0.3, -0.25) is 20.4 Å². The summed E-state index contributed by atoms with van der Waals surface area (Å²) in [6.45, 7) is -0.575. The number of para-hydroxylation sites is 1. The van der Waals surface area contributed by atoms with E-state index < -0.39 is 24.4 Å². The number of fused-ring (bicyclic) bond motifs is 1. The number of pyridine rings is 1. The minimum absolute atomic E-state index is 0.0361. The van der Waals surface area contributed by atoms with E-state index in [1.54, 1.807) is 30.3 Å². The van der Waals surface area contributed by atoms with Crippen LogP contribution in [0.3, 0.4) is 0 Å². The van der Waals surface area contributed by atoms with Gasteiger partial charge in [0, 0.05) is 10.9 Å². The first-order chi connectivity index (χ1) is 15.1. The normalized spacial score (nSPS) is 10.5. The number of ether oxygens (including phenoxy) is 1. The molecule has 4 aromatic rings. The lowest BCUT2D eigenvalue weighted by atomic mass is 10.0. The predicted octanol–water partition coefficient (Wildman–Crippen LogP) is 3.11. The first-order valence-corrected chi connectivity index (χ1v) is 9.37. The number of esters is 1. The Morgan fingerprint density at radius 3 is 2.45 bits per heavy atom. The third kappa shape index (κ3) is 4.59. The number of hydrazine groups is 1. The Balaban J connectivity index is 1.47. The van der Waals surface area contributed by atoms with Crippen LogP contribution in [0.5, 0.6) is 0 Å². The molecule has 2 N–H and O–H groups in total. The Kier molecular flexibility index (Phi) is 5.70. The van der Waals surface area contributed by atoms with E-state index in [1.165, 1.54) is 12.3 Å². The zero-order chi connectivity index (χ0) is 21.6. The minimum atomic E-state index is -0.699. The van der Waals surface area contributed by atoms with Gasteiger partial charge in [0.1, 0.15) is 0 Å². The van der Waals surface area contributed by atoms with Gasteiger partial charge in [0.05, 0.1) is 23.0 Å². The van der Waals surface area contributed by atoms with Gasteiger partial charge in [-0.1, -0.05) is 48.5 Å². The summed E-state index contributed by atoms with van der Waals surface area (Å²) in [6.07, 6.45) is 1.33. The van der Waals surface area contributed by atoms with Crippen LogP contribution < -0.4 is 10.9 Å². The Morgan fingerprint density at radius 2 is 1.68 bits per heavy atom. The summed E-state index contributed by atoms with van der Waals surface area (Å²) in [6, 6.07) is 21.2. The van der Waals surface area contributed by atoms with Crippen molar-refractivity contribution in [3.05, 3.63) is 90.4 Å². The summed E-state index contributed by atoms with van der Waals surface area (Å²) < 4.78 is 10.1. The Bertz CT molecular complexity index is 1240. The zero-order valence-corrected chi connectivity index (χ0v) is 16.2. The number of nitrogens with zero attached hydrogens (tertiary/aromatic N) is 1. The van der Waals surface area contributed by atoms with E-state index in [1.807, 2.05) is 36.4 Å². The predicted molar refractivity (Wildman–Crippen MR) is 112 cm³/mol. The lowest BCUT2D eigenvalue weighted by Crippen LogP contribution is -2.43. The molecular formula is C23H17N3O5. The summed E-state index contributed by atoms with van der Waals surface area (Å²) in [4.78, 5) is 41.1. The van der Waals surface area contributed by atoms with Gasteiger partial charge in [0.2, 0.25) is 0 Å². The third-order valence-electron chi connectivity index (χ3n) is 4.40. The van der Waals surface area contributed by atoms with Crippen LogP contribution in [0.1, 0.15) is 20.9 Å². The maximum atomic E-state index is 12.7. The van der Waals surface area contributed by atoms with Crippen LogP contribution in [0, 0.1) is 0 Å². The maximum absolute atomic E-state index is 12.7. The average Bonchev–Trinajstić information content (AvgIpc) is 3.36. The molecule has 0 aliphatic rings. The van der Waals surface area contributed by atoms with E-state index in [0.29, 0.717) is 16.6 Å². The van der Waals surface area contributed by atoms with Gasteiger partial charge in [-0.25, -0.2) is 9.78 Å². The largest absolute Gasteiger partial charge is 0.459 e. The molecule has 2 aromatic carbocycles. The monoisotopic (exact) mass is 415 g/mol. The highest BCUT2D eigenvalue weighted by atomic mass is 16.5. The minimum Gasteiger partial charge on any atom is -0.459 e. The number of carbonyl (C=O) groups is 3. The number of hydrogen-bond acceptors (Lipinski definition) is 6. The van der Waals surface area contributed by atoms with Gasteiger partial charge in [-0.2, -0.15) is 0 Å². The standard InChI is InChI=1S/C23H17N3O5/c27-21(25-26-22(28)20-11-6-12-30-20)14-31-23(29)17-13-19(15-7-2-1-3-8-15)24-18-10-5-4-9-16(17)18/h1-13H,14H2,(H,25,27)(H,26,28). The van der Waals surface area contributed by atoms with Crippen molar-refractivity contribution >= 4 is 28.7 Å². The number of amides is 2. The molecule has 0 aliphatic carbocycles. The quantitative estimate of drug-likeness (QED) is 0.383. The fourth-order valence-corrected chi connectivity index (χ4v) is 2.94. The molecule has 0 bridgehead atoms. The van der Waals surface area contributed by atoms with Crippen molar-refractivity contribution in [1.82, 2.24) is 15.8 Å². The highest BCUT2D eigenvalue weighted by Crippen LogP contribution is 2.25. The van der Waals surface area contributed by atoms with Crippen molar-refractivity contribution < 1.29 is 23.5 Å². The van der Waals surface area contributed by atoms with Crippen LogP contribution in [0.25, 0.3) is 22.2 Å². The molecule has 0 atom stereocenters. The van der Waals surface area contributed by atoms with Gasteiger partial charge in [0.15, 0.2) is 12.4 Å². The molecule has 31 heavy (non-hydrogen) atoms. The lowest BCUT2D eigenvalue weighted by molar-refractivity contribution is -0.125. The van der Waals surface area contributed by atoms with Gasteiger partial charge in [-0.15, -0.1) is 0 Å². The van der Waals surface area contributed by atoms with E-state index in [0.717, 1.165) is 5.56 Å². The molecule has 0 aliphatic heterocycles. The number of benzene rings is 2. The van der Waals surface area contributed by atoms with Gasteiger partial charge < -0.3 is 9.15 Å². The molecule has 8 nitrogen and oxygen atoms in total. The zero-order valence-electron chi connectivity index (χ0n) is 16.2. The second-order valence-electron chi connectivity index (χ2n) is 6.49. The van der Waals surface area contributed by atoms with E-state index in [4.69, 9.17) is 9.15 Å². The van der Waals surface area contributed by atoms with E-state index >= 15 is 0 Å². The SMILES string of the molecule is O=C(COC(=O)c1cc(-c2ccccc2)nc2ccccc12)NNC(=O)c1ccco1. The molecular weight excluding hydrogens is 398 g/mol. The van der Waals surface area contributed by atoms with Crippen molar-refractivity contribution in [2.24, 2.45) is 0 Å². The summed E-state index contributed by atoms with van der Waals surface area (Å²) in [5, 5.41) is 0.610. The second-order valence-corrected chi connectivity index (χ2v) is 6.49. The first-order valence-electron chi connectivity index (χ1n) is 9.37. The first kappa shape index (κ1) is 19.8. The van der Waals surface area contributed by atoms with Crippen molar-refractivity contribution in [1.29, 1.82) is 0 Å². The molecule has 0 unspecified atom stereocenters. The van der Waals surface area contributed by atoms with Crippen LogP contribution in [-0.4, -0.2) is 29.4 Å². The lowest BCUT2D eigenvalue weighted by Gasteiger charge is -2.10. The Morgan fingerprint density at radius 1 is 0.903 bits per heavy atom. The third-order valence-corrected chi connectivity index (χ3v) is 4.40. The Labute approximate surface area is 176 Å². The number of rotatable bonds is 5. The van der Waals surface area contributed by atoms with Crippen LogP contribution in [0.15, 0.2) is 83.5 Å². The molecule has 2 amide bonds. The van der Waals surface area contributed by atoms with E-state index in [9.17, 15) is 14.4 Å². The molecule has 4 rings (SSSR count). The molecule has 0 fully saturated rings. The highest BCUT2D eigenvalue weighted by molar-refractivity contribution is 6.05. The van der Waals surface area contributed by atoms with Crippen LogP contribution >= 0.6 is 0 Å². The fourth-order valence-electron chi connectivity index (χ4n) is 2.94. The summed E-state index contributed by atoms with van der Waals surface area (Å²) in [5.41, 5.74) is 6.72. The number of aromatic nitrogens is 1. The number of nitrogens with one attached hydrogen (secondary N) is 2. The molecule has 0 radical (unpaired) electrons. The number of furan rings is 1. The average molecular weight is 415 g/mol. The molecule has 154 valence electrons. The number of carbonyl (C=O) groups excluding carboxylic acids is 3. The van der Waals surface area contributed by atoms with E-state index in [2.05, 4.69) is 15.8 Å². The molecule has 0 saturated carbocycles. The van der Waals surface area contributed by atoms with Crippen LogP contribution in [0.2, 0.25) is 0 Å². The van der Waals surface area contributed by atoms with Crippen LogP contribution in [0.4, 0.5) is 0 Å². The topological polar surface area (TPSA) is 111 Å². The van der Waals surface area contributed by atoms with Gasteiger partial charge in [0.25, 0.3) is 5.91 Å². The van der Waals surface area contributed by atoms with Crippen molar-refractivity contribution in [2.45, 2.75) is 0 Å². The van der Waals surface area contributed by atoms with E-state index in [-0.39, 0.29) is 11.3 Å². The number of hydrogen-bond donors (Lipinski definition) is 2. The molecule has 2 aromatic heterocycles. The molecule has 0 saturated heterocycles. The molecule has 0 spiro atoms. The van der Waals surface area contributed by atoms with Gasteiger partial charge >= 0.3 is 11.9 Å². The molecule has 2 heterocycles. The second kappa shape index (κ2) is 8.91. The molecule has 8 heteroatoms. The van der Waals surface area contributed by atoms with Gasteiger partial charge in [-0.05, 0) is 24.3 Å². The Hall–Kier alpha value is -4.46. The van der Waals surface area contributed by atoms with Crippen molar-refractivity contribution in [3.8, 4) is 11.3 Å². The smallest absolute Gasteiger partial charge is 0.339 e. The van der Waals surface area contributed by atoms with Crippen LogP contribution in [-0.2, 0) is 9.53 Å². The van der Waals surface area contributed by atoms with Crippen molar-refractivity contribution in [2.75, 3.05) is 6.61 Å². The fraction of sp³-hybridized carbons (Fsp3) is 0.0435. The summed E-state index contributed by atoms with van der Waals surface area (Å²) in [7, 11) is 0. The maximum Gasteiger partial charge on any atom is 0.339 e.